The van der Waals surface area contributed by atoms with Crippen LogP contribution in [0.3, 0.4) is 0 Å². The Morgan fingerprint density at radius 1 is 1.29 bits per heavy atom. The van der Waals surface area contributed by atoms with Gasteiger partial charge in [-0.25, -0.2) is 9.97 Å². The first kappa shape index (κ1) is 11.4. The molecule has 6 heteroatoms. The summed E-state index contributed by atoms with van der Waals surface area (Å²) in [7, 11) is 0. The molecular weight excluding hydrogens is 282 g/mol. The third-order valence-corrected chi connectivity index (χ3v) is 2.50. The fourth-order valence-corrected chi connectivity index (χ4v) is 1.56. The lowest BCUT2D eigenvalue weighted by Gasteiger charge is -2.08. The Balaban J connectivity index is 2.38. The summed E-state index contributed by atoms with van der Waals surface area (Å²) in [5, 5.41) is 11.9. The second kappa shape index (κ2) is 4.80. The quantitative estimate of drug-likeness (QED) is 0.829. The van der Waals surface area contributed by atoms with Gasteiger partial charge in [-0.2, -0.15) is 5.26 Å². The van der Waals surface area contributed by atoms with Crippen LogP contribution in [-0.2, 0) is 0 Å². The minimum atomic E-state index is 0.437. The first-order valence-electron chi connectivity index (χ1n) is 4.75. The molecule has 0 bridgehead atoms. The van der Waals surface area contributed by atoms with Crippen LogP contribution in [0.15, 0.2) is 35.1 Å². The van der Waals surface area contributed by atoms with Crippen molar-refractivity contribution in [1.82, 2.24) is 9.97 Å². The van der Waals surface area contributed by atoms with Crippen LogP contribution >= 0.6 is 15.9 Å². The topological polar surface area (TPSA) is 87.6 Å². The van der Waals surface area contributed by atoms with Gasteiger partial charge in [0.25, 0.3) is 0 Å². The number of nitrogens with zero attached hydrogens (tertiary/aromatic N) is 3. The highest BCUT2D eigenvalue weighted by Gasteiger charge is 2.06. The average molecular weight is 290 g/mol. The summed E-state index contributed by atoms with van der Waals surface area (Å²) in [6.07, 6.45) is 1.59. The van der Waals surface area contributed by atoms with E-state index >= 15 is 0 Å². The Morgan fingerprint density at radius 3 is 2.88 bits per heavy atom. The van der Waals surface area contributed by atoms with Crippen molar-refractivity contribution in [3.05, 3.63) is 40.6 Å². The van der Waals surface area contributed by atoms with E-state index in [0.29, 0.717) is 27.5 Å². The number of hydrogen-bond acceptors (Lipinski definition) is 5. The number of nitriles is 1. The molecule has 2 aromatic rings. The molecule has 2 heterocycles. The number of nitrogens with two attached hydrogens (primary N) is 1. The molecule has 0 amide bonds. The zero-order chi connectivity index (χ0) is 12.3. The van der Waals surface area contributed by atoms with Crippen molar-refractivity contribution in [3.63, 3.8) is 0 Å². The number of aromatic nitrogens is 2. The van der Waals surface area contributed by atoms with Crippen LogP contribution in [0, 0.1) is 11.3 Å². The molecular formula is C11H8BrN5. The zero-order valence-corrected chi connectivity index (χ0v) is 10.3. The molecule has 0 saturated carbocycles. The van der Waals surface area contributed by atoms with E-state index in [1.165, 1.54) is 0 Å². The van der Waals surface area contributed by atoms with E-state index in [1.807, 2.05) is 6.07 Å². The van der Waals surface area contributed by atoms with Crippen LogP contribution in [-0.4, -0.2) is 9.97 Å². The third-order valence-electron chi connectivity index (χ3n) is 2.06. The SMILES string of the molecule is N#Cc1cccnc1Nc1nc(Br)ccc1N. The molecule has 0 spiro atoms. The molecule has 0 unspecified atom stereocenters. The third kappa shape index (κ3) is 2.52. The summed E-state index contributed by atoms with van der Waals surface area (Å²) >= 11 is 3.25. The lowest BCUT2D eigenvalue weighted by molar-refractivity contribution is 1.22. The van der Waals surface area contributed by atoms with Crippen molar-refractivity contribution in [1.29, 1.82) is 5.26 Å². The molecule has 2 rings (SSSR count). The van der Waals surface area contributed by atoms with Gasteiger partial charge < -0.3 is 11.1 Å². The minimum absolute atomic E-state index is 0.437. The maximum absolute atomic E-state index is 8.93. The second-order valence-corrected chi connectivity index (χ2v) is 4.02. The Labute approximate surface area is 106 Å². The monoisotopic (exact) mass is 289 g/mol. The maximum Gasteiger partial charge on any atom is 0.156 e. The maximum atomic E-state index is 8.93. The fourth-order valence-electron chi connectivity index (χ4n) is 1.25. The average Bonchev–Trinajstić information content (AvgIpc) is 2.34. The number of nitrogens with one attached hydrogen (secondary N) is 1. The van der Waals surface area contributed by atoms with Gasteiger partial charge >= 0.3 is 0 Å². The van der Waals surface area contributed by atoms with Crippen molar-refractivity contribution in [3.8, 4) is 6.07 Å². The van der Waals surface area contributed by atoms with Crippen LogP contribution in [0.1, 0.15) is 5.56 Å². The molecule has 0 saturated heterocycles. The molecule has 3 N–H and O–H groups in total. The van der Waals surface area contributed by atoms with Gasteiger partial charge in [0, 0.05) is 6.20 Å². The lowest BCUT2D eigenvalue weighted by Crippen LogP contribution is -2.02. The Kier molecular flexibility index (Phi) is 3.21. The molecule has 5 nitrogen and oxygen atoms in total. The lowest BCUT2D eigenvalue weighted by atomic mass is 10.3. The zero-order valence-electron chi connectivity index (χ0n) is 8.68. The van der Waals surface area contributed by atoms with Gasteiger partial charge in [0.05, 0.1) is 11.3 Å². The van der Waals surface area contributed by atoms with Gasteiger partial charge in [-0.3, -0.25) is 0 Å². The number of rotatable bonds is 2. The first-order valence-corrected chi connectivity index (χ1v) is 5.54. The number of hydrogen-bond donors (Lipinski definition) is 2. The molecule has 2 aromatic heterocycles. The van der Waals surface area contributed by atoms with E-state index in [2.05, 4.69) is 31.2 Å². The van der Waals surface area contributed by atoms with Crippen LogP contribution in [0.5, 0.6) is 0 Å². The van der Waals surface area contributed by atoms with Crippen LogP contribution < -0.4 is 11.1 Å². The van der Waals surface area contributed by atoms with Crippen molar-refractivity contribution in [2.24, 2.45) is 0 Å². The number of nitrogen functional groups attached to an aromatic ring is 1. The highest BCUT2D eigenvalue weighted by atomic mass is 79.9. The molecule has 0 radical (unpaired) electrons. The molecule has 0 fully saturated rings. The predicted molar refractivity (Wildman–Crippen MR) is 68.6 cm³/mol. The van der Waals surface area contributed by atoms with Crippen LogP contribution in [0.4, 0.5) is 17.3 Å². The second-order valence-electron chi connectivity index (χ2n) is 3.21. The smallest absolute Gasteiger partial charge is 0.156 e. The molecule has 0 aliphatic heterocycles. The van der Waals surface area contributed by atoms with Crippen molar-refractivity contribution >= 4 is 33.3 Å². The Bertz CT molecular complexity index is 591. The minimum Gasteiger partial charge on any atom is -0.396 e. The van der Waals surface area contributed by atoms with Gasteiger partial charge in [-0.05, 0) is 40.2 Å². The number of anilines is 3. The van der Waals surface area contributed by atoms with Gasteiger partial charge in [0.2, 0.25) is 0 Å². The summed E-state index contributed by atoms with van der Waals surface area (Å²) in [6, 6.07) is 8.87. The highest BCUT2D eigenvalue weighted by Crippen LogP contribution is 2.23. The number of halogens is 1. The van der Waals surface area contributed by atoms with E-state index in [1.54, 1.807) is 30.5 Å². The molecule has 84 valence electrons. The van der Waals surface area contributed by atoms with Crippen molar-refractivity contribution < 1.29 is 0 Å². The molecule has 0 aliphatic carbocycles. The molecule has 0 aromatic carbocycles. The summed E-state index contributed by atoms with van der Waals surface area (Å²) in [5.74, 6) is 0.905. The van der Waals surface area contributed by atoms with Gasteiger partial charge in [-0.1, -0.05) is 0 Å². The van der Waals surface area contributed by atoms with Gasteiger partial charge in [-0.15, -0.1) is 0 Å². The Morgan fingerprint density at radius 2 is 2.12 bits per heavy atom. The van der Waals surface area contributed by atoms with E-state index in [-0.39, 0.29) is 0 Å². The molecule has 0 atom stereocenters. The summed E-state index contributed by atoms with van der Waals surface area (Å²) < 4.78 is 0.656. The van der Waals surface area contributed by atoms with Gasteiger partial charge in [0.1, 0.15) is 16.5 Å². The van der Waals surface area contributed by atoms with E-state index < -0.39 is 0 Å². The Hall–Kier alpha value is -2.13. The summed E-state index contributed by atoms with van der Waals surface area (Å²) in [6.45, 7) is 0. The van der Waals surface area contributed by atoms with Crippen molar-refractivity contribution in [2.75, 3.05) is 11.1 Å². The predicted octanol–water partition coefficient (Wildman–Crippen LogP) is 2.44. The molecule has 17 heavy (non-hydrogen) atoms. The highest BCUT2D eigenvalue weighted by molar-refractivity contribution is 9.10. The van der Waals surface area contributed by atoms with E-state index in [4.69, 9.17) is 11.0 Å². The molecule has 0 aliphatic rings. The van der Waals surface area contributed by atoms with Crippen molar-refractivity contribution in [2.45, 2.75) is 0 Å². The first-order chi connectivity index (χ1) is 8.20. The summed E-state index contributed by atoms with van der Waals surface area (Å²) in [4.78, 5) is 8.25. The van der Waals surface area contributed by atoms with Crippen LogP contribution in [0.25, 0.3) is 0 Å². The number of pyridine rings is 2. The van der Waals surface area contributed by atoms with Gasteiger partial charge in [0.15, 0.2) is 5.82 Å². The fraction of sp³-hybridized carbons (Fsp3) is 0. The summed E-state index contributed by atoms with van der Waals surface area (Å²) in [5.41, 5.74) is 6.70. The largest absolute Gasteiger partial charge is 0.396 e. The van der Waals surface area contributed by atoms with E-state index in [0.717, 1.165) is 0 Å². The normalized spacial score (nSPS) is 9.65. The standard InChI is InChI=1S/C11H8BrN5/c12-9-4-3-8(14)11(16-9)17-10-7(6-13)2-1-5-15-10/h1-5H,14H2,(H,15,16,17). The van der Waals surface area contributed by atoms with Crippen LogP contribution in [0.2, 0.25) is 0 Å². The van der Waals surface area contributed by atoms with E-state index in [9.17, 15) is 0 Å².